The summed E-state index contributed by atoms with van der Waals surface area (Å²) in [5.41, 5.74) is 0.925. The van der Waals surface area contributed by atoms with Crippen molar-refractivity contribution in [3.05, 3.63) is 64.7 Å². The minimum absolute atomic E-state index is 0.0383. The zero-order chi connectivity index (χ0) is 19.6. The number of carbonyl (C=O) groups excluding carboxylic acids is 3. The molecule has 0 aliphatic carbocycles. The molecule has 2 N–H and O–H groups in total. The van der Waals surface area contributed by atoms with Crippen molar-refractivity contribution in [2.75, 3.05) is 25.6 Å². The van der Waals surface area contributed by atoms with Gasteiger partial charge in [-0.25, -0.2) is 4.79 Å². The fraction of sp³-hybridized carbons (Fsp3) is 0.158. The van der Waals surface area contributed by atoms with E-state index in [1.54, 1.807) is 6.07 Å². The maximum Gasteiger partial charge on any atom is 0.335 e. The lowest BCUT2D eigenvalue weighted by atomic mass is 10.1. The zero-order valence-corrected chi connectivity index (χ0v) is 14.4. The summed E-state index contributed by atoms with van der Waals surface area (Å²) >= 11 is 0. The van der Waals surface area contributed by atoms with Gasteiger partial charge in [0.25, 0.3) is 17.7 Å². The van der Waals surface area contributed by atoms with Crippen LogP contribution in [0.3, 0.4) is 0 Å². The quantitative estimate of drug-likeness (QED) is 0.753. The van der Waals surface area contributed by atoms with Gasteiger partial charge < -0.3 is 15.2 Å². The van der Waals surface area contributed by atoms with Gasteiger partial charge in [0.15, 0.2) is 0 Å². The highest BCUT2D eigenvalue weighted by Gasteiger charge is 2.35. The summed E-state index contributed by atoms with van der Waals surface area (Å²) in [7, 11) is 1.47. The zero-order valence-electron chi connectivity index (χ0n) is 14.4. The average molecular weight is 368 g/mol. The first-order chi connectivity index (χ1) is 12.9. The summed E-state index contributed by atoms with van der Waals surface area (Å²) in [6.45, 7) is 0.352. The van der Waals surface area contributed by atoms with Crippen LogP contribution in [0.15, 0.2) is 42.5 Å². The molecule has 0 bridgehead atoms. The first-order valence-electron chi connectivity index (χ1n) is 8.06. The molecular weight excluding hydrogens is 352 g/mol. The van der Waals surface area contributed by atoms with Crippen LogP contribution in [0.2, 0.25) is 0 Å². The van der Waals surface area contributed by atoms with Crippen LogP contribution < -0.4 is 5.32 Å². The first kappa shape index (κ1) is 18.3. The van der Waals surface area contributed by atoms with Crippen molar-refractivity contribution >= 4 is 29.4 Å². The maximum atomic E-state index is 12.4. The normalized spacial score (nSPS) is 12.9. The van der Waals surface area contributed by atoms with Crippen molar-refractivity contribution in [2.24, 2.45) is 0 Å². The minimum Gasteiger partial charge on any atom is -0.478 e. The number of nitrogens with zero attached hydrogens (tertiary/aromatic N) is 1. The number of nitrogens with one attached hydrogen (secondary N) is 1. The number of carbonyl (C=O) groups is 4. The molecule has 2 aromatic carbocycles. The largest absolute Gasteiger partial charge is 0.478 e. The lowest BCUT2D eigenvalue weighted by molar-refractivity contribution is 0.0601. The summed E-state index contributed by atoms with van der Waals surface area (Å²) in [4.78, 5) is 49.2. The monoisotopic (exact) mass is 368 g/mol. The maximum absolute atomic E-state index is 12.4. The Balaban J connectivity index is 1.82. The third kappa shape index (κ3) is 3.56. The Hall–Kier alpha value is -3.52. The van der Waals surface area contributed by atoms with E-state index < -0.39 is 23.7 Å². The fourth-order valence-electron chi connectivity index (χ4n) is 2.75. The highest BCUT2D eigenvalue weighted by atomic mass is 16.5. The number of carboxylic acids is 1. The van der Waals surface area contributed by atoms with Crippen LogP contribution in [0, 0.1) is 0 Å². The SMILES string of the molecule is COCCN1C(=O)c2ccc(C(=O)Nc3cccc(C(=O)O)c3)cc2C1=O. The predicted octanol–water partition coefficient (Wildman–Crippen LogP) is 1.88. The molecule has 3 rings (SSSR count). The molecule has 0 atom stereocenters. The number of imide groups is 1. The van der Waals surface area contributed by atoms with Crippen molar-refractivity contribution in [3.8, 4) is 0 Å². The number of hydrogen-bond donors (Lipinski definition) is 2. The predicted molar refractivity (Wildman–Crippen MR) is 95.0 cm³/mol. The average Bonchev–Trinajstić information content (AvgIpc) is 2.90. The molecule has 2 aromatic rings. The van der Waals surface area contributed by atoms with Crippen LogP contribution in [0.25, 0.3) is 0 Å². The van der Waals surface area contributed by atoms with E-state index in [2.05, 4.69) is 5.32 Å². The number of methoxy groups -OCH3 is 1. The summed E-state index contributed by atoms with van der Waals surface area (Å²) < 4.78 is 4.90. The molecule has 0 spiro atoms. The van der Waals surface area contributed by atoms with E-state index in [4.69, 9.17) is 9.84 Å². The number of benzene rings is 2. The summed E-state index contributed by atoms with van der Waals surface area (Å²) in [6.07, 6.45) is 0. The number of rotatable bonds is 6. The van der Waals surface area contributed by atoms with Gasteiger partial charge in [0, 0.05) is 18.4 Å². The van der Waals surface area contributed by atoms with Gasteiger partial charge in [-0.2, -0.15) is 0 Å². The standard InChI is InChI=1S/C19H16N2O6/c1-27-8-7-21-17(23)14-6-5-11(10-15(14)18(21)24)16(22)20-13-4-2-3-12(9-13)19(25)26/h2-6,9-10H,7-8H2,1H3,(H,20,22)(H,25,26). The second kappa shape index (κ2) is 7.38. The molecule has 1 aliphatic heterocycles. The molecule has 1 aliphatic rings. The second-order valence-electron chi connectivity index (χ2n) is 5.86. The number of anilines is 1. The van der Waals surface area contributed by atoms with Crippen LogP contribution in [-0.4, -0.2) is 54.0 Å². The van der Waals surface area contributed by atoms with Gasteiger partial charge in [0.05, 0.1) is 29.8 Å². The summed E-state index contributed by atoms with van der Waals surface area (Å²) in [6, 6.07) is 10.0. The van der Waals surface area contributed by atoms with Gasteiger partial charge in [-0.05, 0) is 36.4 Å². The summed E-state index contributed by atoms with van der Waals surface area (Å²) in [5.74, 6) is -2.53. The van der Waals surface area contributed by atoms with Crippen molar-refractivity contribution in [2.45, 2.75) is 0 Å². The Kier molecular flexibility index (Phi) is 5.00. The highest BCUT2D eigenvalue weighted by molar-refractivity contribution is 6.22. The molecular formula is C19H16N2O6. The van der Waals surface area contributed by atoms with Crippen molar-refractivity contribution in [3.63, 3.8) is 0 Å². The van der Waals surface area contributed by atoms with E-state index in [1.807, 2.05) is 0 Å². The lowest BCUT2D eigenvalue weighted by Gasteiger charge is -2.12. The van der Waals surface area contributed by atoms with Crippen LogP contribution in [0.5, 0.6) is 0 Å². The van der Waals surface area contributed by atoms with Gasteiger partial charge in [0.2, 0.25) is 0 Å². The number of hydrogen-bond acceptors (Lipinski definition) is 5. The Labute approximate surface area is 154 Å². The number of fused-ring (bicyclic) bond motifs is 1. The Morgan fingerprint density at radius 3 is 2.48 bits per heavy atom. The Morgan fingerprint density at radius 2 is 1.78 bits per heavy atom. The van der Waals surface area contributed by atoms with Gasteiger partial charge in [-0.1, -0.05) is 6.07 Å². The minimum atomic E-state index is -1.11. The van der Waals surface area contributed by atoms with Crippen LogP contribution >= 0.6 is 0 Å². The van der Waals surface area contributed by atoms with Gasteiger partial charge >= 0.3 is 5.97 Å². The molecule has 8 heteroatoms. The van der Waals surface area contributed by atoms with Crippen molar-refractivity contribution < 1.29 is 29.0 Å². The third-order valence-electron chi connectivity index (χ3n) is 4.12. The van der Waals surface area contributed by atoms with Gasteiger partial charge in [-0.15, -0.1) is 0 Å². The number of ether oxygens (including phenoxy) is 1. The van der Waals surface area contributed by atoms with Crippen LogP contribution in [-0.2, 0) is 4.74 Å². The summed E-state index contributed by atoms with van der Waals surface area (Å²) in [5, 5.41) is 11.6. The van der Waals surface area contributed by atoms with Gasteiger partial charge in [-0.3, -0.25) is 19.3 Å². The molecule has 0 saturated carbocycles. The number of aromatic carboxylic acids is 1. The topological polar surface area (TPSA) is 113 Å². The lowest BCUT2D eigenvalue weighted by Crippen LogP contribution is -2.32. The second-order valence-corrected chi connectivity index (χ2v) is 5.86. The molecule has 3 amide bonds. The molecule has 27 heavy (non-hydrogen) atoms. The van der Waals surface area contributed by atoms with Crippen LogP contribution in [0.4, 0.5) is 5.69 Å². The Morgan fingerprint density at radius 1 is 1.04 bits per heavy atom. The molecule has 1 heterocycles. The molecule has 138 valence electrons. The third-order valence-corrected chi connectivity index (χ3v) is 4.12. The van der Waals surface area contributed by atoms with Gasteiger partial charge in [0.1, 0.15) is 0 Å². The van der Waals surface area contributed by atoms with E-state index >= 15 is 0 Å². The highest BCUT2D eigenvalue weighted by Crippen LogP contribution is 2.24. The molecule has 8 nitrogen and oxygen atoms in total. The molecule has 0 fully saturated rings. The number of amides is 3. The molecule has 0 aromatic heterocycles. The van der Waals surface area contributed by atoms with E-state index in [1.165, 1.54) is 43.5 Å². The van der Waals surface area contributed by atoms with Crippen molar-refractivity contribution in [1.29, 1.82) is 0 Å². The van der Waals surface area contributed by atoms with E-state index in [9.17, 15) is 19.2 Å². The van der Waals surface area contributed by atoms with E-state index in [0.717, 1.165) is 4.90 Å². The molecule has 0 radical (unpaired) electrons. The van der Waals surface area contributed by atoms with Crippen LogP contribution in [0.1, 0.15) is 41.4 Å². The van der Waals surface area contributed by atoms with Crippen molar-refractivity contribution in [1.82, 2.24) is 4.90 Å². The Bertz CT molecular complexity index is 953. The molecule has 0 unspecified atom stereocenters. The number of carboxylic acid groups (broad SMARTS) is 1. The first-order valence-corrected chi connectivity index (χ1v) is 8.06. The fourth-order valence-corrected chi connectivity index (χ4v) is 2.75. The van der Waals surface area contributed by atoms with E-state index in [0.29, 0.717) is 5.69 Å². The molecule has 0 saturated heterocycles. The van der Waals surface area contributed by atoms with E-state index in [-0.39, 0.29) is 35.4 Å². The smallest absolute Gasteiger partial charge is 0.335 e.